The number of thioether (sulfide) groups is 1. The van der Waals surface area contributed by atoms with Crippen LogP contribution in [-0.2, 0) is 16.0 Å². The van der Waals surface area contributed by atoms with Gasteiger partial charge in [0.15, 0.2) is 0 Å². The molecule has 0 aliphatic rings. The number of nitrogens with one attached hydrogen (secondary N) is 2. The van der Waals surface area contributed by atoms with Gasteiger partial charge in [-0.15, -0.1) is 11.8 Å². The molecule has 0 aromatic heterocycles. The van der Waals surface area contributed by atoms with E-state index in [0.717, 1.165) is 17.7 Å². The van der Waals surface area contributed by atoms with Gasteiger partial charge in [0.2, 0.25) is 0 Å². The van der Waals surface area contributed by atoms with E-state index in [0.29, 0.717) is 12.2 Å². The van der Waals surface area contributed by atoms with E-state index in [9.17, 15) is 9.59 Å². The number of benzene rings is 2. The van der Waals surface area contributed by atoms with Crippen molar-refractivity contribution in [3.05, 3.63) is 60.2 Å². The first-order chi connectivity index (χ1) is 11.2. The van der Waals surface area contributed by atoms with Gasteiger partial charge in [-0.1, -0.05) is 36.4 Å². The van der Waals surface area contributed by atoms with E-state index in [1.54, 1.807) is 17.8 Å². The van der Waals surface area contributed by atoms with E-state index in [1.807, 2.05) is 54.8 Å². The highest BCUT2D eigenvalue weighted by molar-refractivity contribution is 7.98. The second-order valence-electron chi connectivity index (χ2n) is 5.03. The molecule has 2 rings (SSSR count). The van der Waals surface area contributed by atoms with E-state index in [1.165, 1.54) is 5.56 Å². The van der Waals surface area contributed by atoms with Crippen LogP contribution >= 0.6 is 11.8 Å². The zero-order valence-electron chi connectivity index (χ0n) is 13.0. The average molecular weight is 328 g/mol. The average Bonchev–Trinajstić information content (AvgIpc) is 2.59. The van der Waals surface area contributed by atoms with Crippen LogP contribution in [0.2, 0.25) is 0 Å². The summed E-state index contributed by atoms with van der Waals surface area (Å²) in [4.78, 5) is 24.7. The lowest BCUT2D eigenvalue weighted by atomic mass is 10.1. The monoisotopic (exact) mass is 328 g/mol. The molecule has 0 unspecified atom stereocenters. The van der Waals surface area contributed by atoms with Gasteiger partial charge < -0.3 is 10.6 Å². The Morgan fingerprint density at radius 3 is 2.52 bits per heavy atom. The molecule has 0 aliphatic carbocycles. The molecule has 0 bridgehead atoms. The van der Waals surface area contributed by atoms with Crippen LogP contribution in [0.5, 0.6) is 0 Å². The molecule has 5 heteroatoms. The summed E-state index contributed by atoms with van der Waals surface area (Å²) in [6, 6.07) is 17.4. The van der Waals surface area contributed by atoms with Gasteiger partial charge in [-0.2, -0.15) is 0 Å². The largest absolute Gasteiger partial charge is 0.348 e. The van der Waals surface area contributed by atoms with Crippen molar-refractivity contribution in [3.8, 4) is 0 Å². The van der Waals surface area contributed by atoms with Crippen molar-refractivity contribution in [2.24, 2.45) is 0 Å². The zero-order chi connectivity index (χ0) is 16.5. The molecule has 23 heavy (non-hydrogen) atoms. The summed E-state index contributed by atoms with van der Waals surface area (Å²) in [6.45, 7) is 0.478. The van der Waals surface area contributed by atoms with Crippen molar-refractivity contribution in [1.29, 1.82) is 0 Å². The van der Waals surface area contributed by atoms with E-state index in [4.69, 9.17) is 0 Å². The lowest BCUT2D eigenvalue weighted by molar-refractivity contribution is -0.136. The molecule has 0 spiro atoms. The Labute approximate surface area is 140 Å². The minimum atomic E-state index is -0.636. The predicted molar refractivity (Wildman–Crippen MR) is 94.6 cm³/mol. The maximum Gasteiger partial charge on any atom is 0.313 e. The molecule has 120 valence electrons. The summed E-state index contributed by atoms with van der Waals surface area (Å²) >= 11 is 1.58. The maximum atomic E-state index is 11.8. The molecule has 0 atom stereocenters. The van der Waals surface area contributed by atoms with Crippen LogP contribution in [0, 0.1) is 0 Å². The van der Waals surface area contributed by atoms with Gasteiger partial charge in [0, 0.05) is 17.1 Å². The van der Waals surface area contributed by atoms with E-state index in [2.05, 4.69) is 10.6 Å². The van der Waals surface area contributed by atoms with Crippen LogP contribution in [0.25, 0.3) is 0 Å². The molecule has 2 N–H and O–H groups in total. The number of anilines is 1. The highest BCUT2D eigenvalue weighted by Gasteiger charge is 2.13. The minimum Gasteiger partial charge on any atom is -0.348 e. The van der Waals surface area contributed by atoms with Crippen molar-refractivity contribution >= 4 is 29.3 Å². The first-order valence-electron chi connectivity index (χ1n) is 7.46. The lowest BCUT2D eigenvalue weighted by Crippen LogP contribution is -2.36. The van der Waals surface area contributed by atoms with Gasteiger partial charge in [0.05, 0.1) is 0 Å². The molecule has 0 saturated carbocycles. The van der Waals surface area contributed by atoms with Crippen LogP contribution < -0.4 is 10.6 Å². The molecule has 2 aromatic carbocycles. The number of rotatable bonds is 6. The van der Waals surface area contributed by atoms with Crippen molar-refractivity contribution in [2.45, 2.75) is 17.7 Å². The van der Waals surface area contributed by atoms with Crippen LogP contribution in [0.3, 0.4) is 0 Å². The fourth-order valence-corrected chi connectivity index (χ4v) is 2.57. The van der Waals surface area contributed by atoms with Gasteiger partial charge >= 0.3 is 11.8 Å². The minimum absolute atomic E-state index is 0.478. The Morgan fingerprint density at radius 2 is 1.78 bits per heavy atom. The Bertz CT molecular complexity index is 659. The number of hydrogen-bond acceptors (Lipinski definition) is 3. The third-order valence-electron chi connectivity index (χ3n) is 3.30. The summed E-state index contributed by atoms with van der Waals surface area (Å²) < 4.78 is 0. The first kappa shape index (κ1) is 17.1. The molecule has 0 saturated heterocycles. The van der Waals surface area contributed by atoms with Gasteiger partial charge in [0.25, 0.3) is 0 Å². The van der Waals surface area contributed by atoms with Crippen molar-refractivity contribution in [1.82, 2.24) is 5.32 Å². The Kier molecular flexibility index (Phi) is 6.69. The number of amides is 2. The third kappa shape index (κ3) is 5.79. The van der Waals surface area contributed by atoms with E-state index < -0.39 is 11.8 Å². The zero-order valence-corrected chi connectivity index (χ0v) is 13.9. The maximum absolute atomic E-state index is 11.8. The molecular formula is C18H20N2O2S. The number of aryl methyl sites for hydroxylation is 1. The second-order valence-corrected chi connectivity index (χ2v) is 5.91. The van der Waals surface area contributed by atoms with Crippen molar-refractivity contribution in [3.63, 3.8) is 0 Å². The quantitative estimate of drug-likeness (QED) is 0.487. The Hall–Kier alpha value is -2.27. The third-order valence-corrected chi connectivity index (χ3v) is 4.03. The van der Waals surface area contributed by atoms with Gasteiger partial charge in [-0.05, 0) is 42.9 Å². The molecule has 2 amide bonds. The molecule has 0 heterocycles. The normalized spacial score (nSPS) is 10.1. The Morgan fingerprint density at radius 1 is 1.00 bits per heavy atom. The van der Waals surface area contributed by atoms with Gasteiger partial charge in [-0.3, -0.25) is 9.59 Å². The Balaban J connectivity index is 1.73. The standard InChI is InChI=1S/C18H20N2O2S/c1-23-16-11-5-10-15(13-16)20-18(22)17(21)19-12-6-9-14-7-3-2-4-8-14/h2-5,7-8,10-11,13H,6,9,12H2,1H3,(H,19,21)(H,20,22). The summed E-state index contributed by atoms with van der Waals surface area (Å²) in [5.41, 5.74) is 1.85. The number of carbonyl (C=O) groups excluding carboxylic acids is 2. The summed E-state index contributed by atoms with van der Waals surface area (Å²) in [7, 11) is 0. The molecule has 0 fully saturated rings. The van der Waals surface area contributed by atoms with Gasteiger partial charge in [0.1, 0.15) is 0 Å². The molecule has 0 radical (unpaired) electrons. The van der Waals surface area contributed by atoms with Gasteiger partial charge in [-0.25, -0.2) is 0 Å². The van der Waals surface area contributed by atoms with E-state index in [-0.39, 0.29) is 0 Å². The van der Waals surface area contributed by atoms with Crippen LogP contribution in [-0.4, -0.2) is 24.6 Å². The first-order valence-corrected chi connectivity index (χ1v) is 8.68. The summed E-state index contributed by atoms with van der Waals surface area (Å²) in [5, 5.41) is 5.26. The number of carbonyl (C=O) groups is 2. The lowest BCUT2D eigenvalue weighted by Gasteiger charge is -2.07. The predicted octanol–water partition coefficient (Wildman–Crippen LogP) is 3.10. The molecule has 0 aliphatic heterocycles. The fourth-order valence-electron chi connectivity index (χ4n) is 2.11. The SMILES string of the molecule is CSc1cccc(NC(=O)C(=O)NCCCc2ccccc2)c1. The highest BCUT2D eigenvalue weighted by atomic mass is 32.2. The number of hydrogen-bond donors (Lipinski definition) is 2. The summed E-state index contributed by atoms with van der Waals surface area (Å²) in [6.07, 6.45) is 3.63. The van der Waals surface area contributed by atoms with Crippen LogP contribution in [0.1, 0.15) is 12.0 Å². The second kappa shape index (κ2) is 9.00. The van der Waals surface area contributed by atoms with E-state index >= 15 is 0 Å². The van der Waals surface area contributed by atoms with Crippen molar-refractivity contribution < 1.29 is 9.59 Å². The van der Waals surface area contributed by atoms with Crippen LogP contribution in [0.4, 0.5) is 5.69 Å². The molecular weight excluding hydrogens is 308 g/mol. The van der Waals surface area contributed by atoms with Crippen LogP contribution in [0.15, 0.2) is 59.5 Å². The topological polar surface area (TPSA) is 58.2 Å². The fraction of sp³-hybridized carbons (Fsp3) is 0.222. The molecule has 4 nitrogen and oxygen atoms in total. The summed E-state index contributed by atoms with van der Waals surface area (Å²) in [5.74, 6) is -1.24. The smallest absolute Gasteiger partial charge is 0.313 e. The van der Waals surface area contributed by atoms with Crippen molar-refractivity contribution in [2.75, 3.05) is 18.1 Å². The molecule has 2 aromatic rings. The highest BCUT2D eigenvalue weighted by Crippen LogP contribution is 2.18.